The molecule has 118 valence electrons. The average molecular weight is 316 g/mol. The maximum Gasteiger partial charge on any atom is 0.306 e. The van der Waals surface area contributed by atoms with Crippen molar-refractivity contribution < 1.29 is 17.9 Å². The molecule has 0 saturated carbocycles. The van der Waals surface area contributed by atoms with Crippen LogP contribution in [0.15, 0.2) is 18.3 Å². The Morgan fingerprint density at radius 3 is 2.48 bits per heavy atom. The second kappa shape index (κ2) is 7.23. The molecule has 21 heavy (non-hydrogen) atoms. The van der Waals surface area contributed by atoms with E-state index >= 15 is 0 Å². The molecule has 0 bridgehead atoms. The number of aromatic nitrogens is 1. The van der Waals surface area contributed by atoms with Crippen LogP contribution in [0.5, 0.6) is 0 Å². The Morgan fingerprint density at radius 1 is 1.33 bits per heavy atom. The topological polar surface area (TPSA) is 91.8 Å². The second-order valence-electron chi connectivity index (χ2n) is 4.55. The van der Waals surface area contributed by atoms with E-state index in [9.17, 15) is 13.2 Å². The van der Waals surface area contributed by atoms with E-state index in [1.54, 1.807) is 17.0 Å². The van der Waals surface area contributed by atoms with Crippen molar-refractivity contribution in [2.24, 2.45) is 0 Å². The maximum absolute atomic E-state index is 12.0. The van der Waals surface area contributed by atoms with Crippen LogP contribution in [0.4, 0.5) is 11.5 Å². The summed E-state index contributed by atoms with van der Waals surface area (Å²) >= 11 is 0. The minimum atomic E-state index is -3.73. The van der Waals surface area contributed by atoms with Gasteiger partial charge in [0, 0.05) is 27.7 Å². The molecule has 0 amide bonds. The Bertz CT molecular complexity index is 571. The molecular formula is C12H20N4O4S. The first kappa shape index (κ1) is 17.2. The van der Waals surface area contributed by atoms with Crippen LogP contribution in [0.2, 0.25) is 0 Å². The largest absolute Gasteiger partial charge is 0.469 e. The number of anilines is 2. The number of rotatable bonds is 7. The highest BCUT2D eigenvalue weighted by Gasteiger charge is 2.18. The molecule has 1 heterocycles. The van der Waals surface area contributed by atoms with Crippen molar-refractivity contribution in [3.63, 3.8) is 0 Å². The normalized spacial score (nSPS) is 11.3. The molecule has 0 atom stereocenters. The van der Waals surface area contributed by atoms with Gasteiger partial charge in [-0.05, 0) is 12.1 Å². The number of hydrogen-bond acceptors (Lipinski definition) is 6. The molecule has 0 fully saturated rings. The Balaban J connectivity index is 2.68. The van der Waals surface area contributed by atoms with E-state index < -0.39 is 16.2 Å². The molecule has 1 N–H and O–H groups in total. The zero-order valence-corrected chi connectivity index (χ0v) is 13.3. The van der Waals surface area contributed by atoms with Crippen molar-refractivity contribution in [3.05, 3.63) is 18.3 Å². The van der Waals surface area contributed by atoms with Crippen LogP contribution in [-0.4, -0.2) is 58.5 Å². The van der Waals surface area contributed by atoms with E-state index in [-0.39, 0.29) is 13.0 Å². The van der Waals surface area contributed by atoms with E-state index in [4.69, 9.17) is 0 Å². The monoisotopic (exact) mass is 316 g/mol. The molecule has 1 aromatic heterocycles. The van der Waals surface area contributed by atoms with E-state index in [0.29, 0.717) is 5.69 Å². The quantitative estimate of drug-likeness (QED) is 0.727. The summed E-state index contributed by atoms with van der Waals surface area (Å²) in [5.74, 6) is 0.256. The molecule has 1 aromatic rings. The fraction of sp³-hybridized carbons (Fsp3) is 0.500. The molecule has 9 heteroatoms. The number of ether oxygens (including phenoxy) is 1. The number of hydrogen-bond donors (Lipinski definition) is 1. The maximum atomic E-state index is 12.0. The smallest absolute Gasteiger partial charge is 0.306 e. The van der Waals surface area contributed by atoms with Gasteiger partial charge in [-0.3, -0.25) is 9.52 Å². The molecule has 0 aliphatic heterocycles. The van der Waals surface area contributed by atoms with Crippen molar-refractivity contribution in [2.75, 3.05) is 44.4 Å². The van der Waals surface area contributed by atoms with Crippen LogP contribution < -0.4 is 9.62 Å². The predicted molar refractivity (Wildman–Crippen MR) is 80.4 cm³/mol. The highest BCUT2D eigenvalue weighted by atomic mass is 32.2. The second-order valence-corrected chi connectivity index (χ2v) is 6.33. The number of methoxy groups -OCH3 is 1. The summed E-state index contributed by atoms with van der Waals surface area (Å²) < 4.78 is 32.0. The Labute approximate surface area is 124 Å². The summed E-state index contributed by atoms with van der Waals surface area (Å²) in [6.07, 6.45) is 1.42. The lowest BCUT2D eigenvalue weighted by Gasteiger charge is -2.18. The van der Waals surface area contributed by atoms with Gasteiger partial charge in [-0.2, -0.15) is 12.7 Å². The third kappa shape index (κ3) is 5.20. The van der Waals surface area contributed by atoms with Crippen LogP contribution in [0.3, 0.4) is 0 Å². The van der Waals surface area contributed by atoms with E-state index in [0.717, 1.165) is 10.1 Å². The van der Waals surface area contributed by atoms with Gasteiger partial charge in [-0.15, -0.1) is 0 Å². The molecule has 0 radical (unpaired) electrons. The summed E-state index contributed by atoms with van der Waals surface area (Å²) in [4.78, 5) is 16.9. The first-order valence-corrected chi connectivity index (χ1v) is 7.64. The number of carbonyl (C=O) groups excluding carboxylic acids is 1. The lowest BCUT2D eigenvalue weighted by molar-refractivity contribution is -0.140. The Morgan fingerprint density at radius 2 is 2.00 bits per heavy atom. The Kier molecular flexibility index (Phi) is 5.91. The van der Waals surface area contributed by atoms with Crippen molar-refractivity contribution in [1.29, 1.82) is 0 Å². The summed E-state index contributed by atoms with van der Waals surface area (Å²) in [5, 5.41) is 0. The van der Waals surface area contributed by atoms with E-state index in [1.807, 2.05) is 14.1 Å². The number of pyridine rings is 1. The van der Waals surface area contributed by atoms with Gasteiger partial charge in [0.05, 0.1) is 25.4 Å². The highest BCUT2D eigenvalue weighted by molar-refractivity contribution is 7.90. The van der Waals surface area contributed by atoms with Gasteiger partial charge in [0.2, 0.25) is 0 Å². The van der Waals surface area contributed by atoms with Crippen LogP contribution >= 0.6 is 0 Å². The fourth-order valence-electron chi connectivity index (χ4n) is 1.41. The summed E-state index contributed by atoms with van der Waals surface area (Å²) in [7, 11) is 2.59. The van der Waals surface area contributed by atoms with Crippen LogP contribution in [0.25, 0.3) is 0 Å². The van der Waals surface area contributed by atoms with Gasteiger partial charge < -0.3 is 9.64 Å². The third-order valence-electron chi connectivity index (χ3n) is 2.72. The minimum Gasteiger partial charge on any atom is -0.469 e. The summed E-state index contributed by atoms with van der Waals surface area (Å²) in [6.45, 7) is 0.0330. The van der Waals surface area contributed by atoms with E-state index in [2.05, 4.69) is 14.4 Å². The van der Waals surface area contributed by atoms with Crippen LogP contribution in [-0.2, 0) is 19.7 Å². The number of nitrogens with zero attached hydrogens (tertiary/aromatic N) is 3. The summed E-state index contributed by atoms with van der Waals surface area (Å²) in [5.41, 5.74) is 0.352. The van der Waals surface area contributed by atoms with Crippen molar-refractivity contribution in [2.45, 2.75) is 6.42 Å². The molecule has 0 aliphatic rings. The molecule has 0 spiro atoms. The number of carbonyl (C=O) groups is 1. The van der Waals surface area contributed by atoms with Crippen LogP contribution in [0, 0.1) is 0 Å². The standard InChI is InChI=1S/C12H20N4O4S/c1-15(2)11-6-5-10(9-13-11)14-21(18,19)16(3)8-7-12(17)20-4/h5-6,9,14H,7-8H2,1-4H3. The molecule has 1 rings (SSSR count). The van der Waals surface area contributed by atoms with Crippen molar-refractivity contribution in [3.8, 4) is 0 Å². The summed E-state index contributed by atoms with van der Waals surface area (Å²) in [6, 6.07) is 3.32. The lowest BCUT2D eigenvalue weighted by atomic mass is 10.4. The fourth-order valence-corrected chi connectivity index (χ4v) is 2.31. The molecular weight excluding hydrogens is 296 g/mol. The lowest BCUT2D eigenvalue weighted by Crippen LogP contribution is -2.34. The number of esters is 1. The average Bonchev–Trinajstić information content (AvgIpc) is 2.44. The molecule has 0 aliphatic carbocycles. The minimum absolute atomic E-state index is 0.00821. The van der Waals surface area contributed by atoms with Gasteiger partial charge in [-0.1, -0.05) is 0 Å². The Hall–Kier alpha value is -1.87. The van der Waals surface area contributed by atoms with Crippen LogP contribution in [0.1, 0.15) is 6.42 Å². The first-order valence-electron chi connectivity index (χ1n) is 6.20. The highest BCUT2D eigenvalue weighted by Crippen LogP contribution is 2.14. The van der Waals surface area contributed by atoms with Crippen molar-refractivity contribution in [1.82, 2.24) is 9.29 Å². The van der Waals surface area contributed by atoms with Gasteiger partial charge in [0.1, 0.15) is 5.82 Å². The molecule has 0 aromatic carbocycles. The number of nitrogens with one attached hydrogen (secondary N) is 1. The zero-order chi connectivity index (χ0) is 16.0. The SMILES string of the molecule is COC(=O)CCN(C)S(=O)(=O)Nc1ccc(N(C)C)nc1. The first-order chi connectivity index (χ1) is 9.76. The molecule has 8 nitrogen and oxygen atoms in total. The van der Waals surface area contributed by atoms with Gasteiger partial charge in [0.15, 0.2) is 0 Å². The van der Waals surface area contributed by atoms with Gasteiger partial charge >= 0.3 is 16.2 Å². The predicted octanol–water partition coefficient (Wildman–Crippen LogP) is 0.299. The third-order valence-corrected chi connectivity index (χ3v) is 4.22. The van der Waals surface area contributed by atoms with Gasteiger partial charge in [-0.25, -0.2) is 4.98 Å². The zero-order valence-electron chi connectivity index (χ0n) is 12.5. The van der Waals surface area contributed by atoms with Crippen molar-refractivity contribution >= 4 is 27.7 Å². The molecule has 0 saturated heterocycles. The molecule has 0 unspecified atom stereocenters. The van der Waals surface area contributed by atoms with Gasteiger partial charge in [0.25, 0.3) is 0 Å². The van der Waals surface area contributed by atoms with E-state index in [1.165, 1.54) is 20.4 Å².